The van der Waals surface area contributed by atoms with Crippen LogP contribution in [0.25, 0.3) is 6.08 Å². The van der Waals surface area contributed by atoms with E-state index in [-0.39, 0.29) is 11.5 Å². The fourth-order valence-electron chi connectivity index (χ4n) is 3.15. The summed E-state index contributed by atoms with van der Waals surface area (Å²) in [6.45, 7) is 8.11. The molecule has 0 saturated heterocycles. The Morgan fingerprint density at radius 3 is 2.50 bits per heavy atom. The SMILES string of the molecule is CCCn1c(C)cc(/C=C(/C#N)C(=O)Nc2ccc(CCN(C)C)cc2)c1C. The fourth-order valence-corrected chi connectivity index (χ4v) is 3.15. The first-order chi connectivity index (χ1) is 13.3. The van der Waals surface area contributed by atoms with Gasteiger partial charge in [0.15, 0.2) is 0 Å². The number of nitriles is 1. The highest BCUT2D eigenvalue weighted by atomic mass is 16.1. The van der Waals surface area contributed by atoms with Gasteiger partial charge in [0.25, 0.3) is 5.91 Å². The lowest BCUT2D eigenvalue weighted by Gasteiger charge is -2.10. The van der Waals surface area contributed by atoms with Crippen molar-refractivity contribution in [3.63, 3.8) is 0 Å². The molecule has 0 fully saturated rings. The summed E-state index contributed by atoms with van der Waals surface area (Å²) in [5.41, 5.74) is 5.13. The molecule has 0 aliphatic carbocycles. The van der Waals surface area contributed by atoms with Crippen LogP contribution in [0.15, 0.2) is 35.9 Å². The van der Waals surface area contributed by atoms with Gasteiger partial charge in [0, 0.05) is 30.2 Å². The third kappa shape index (κ3) is 5.58. The minimum absolute atomic E-state index is 0.105. The summed E-state index contributed by atoms with van der Waals surface area (Å²) < 4.78 is 2.21. The van der Waals surface area contributed by atoms with Gasteiger partial charge in [0.2, 0.25) is 0 Å². The molecule has 0 atom stereocenters. The van der Waals surface area contributed by atoms with Gasteiger partial charge in [-0.25, -0.2) is 0 Å². The summed E-state index contributed by atoms with van der Waals surface area (Å²) in [5, 5.41) is 12.3. The van der Waals surface area contributed by atoms with Gasteiger partial charge < -0.3 is 14.8 Å². The highest BCUT2D eigenvalue weighted by Gasteiger charge is 2.13. The molecule has 1 aromatic carbocycles. The standard InChI is InChI=1S/C23H30N4O/c1-6-12-27-17(2)14-20(18(27)3)15-21(16-24)23(28)25-22-9-7-19(8-10-22)11-13-26(4)5/h7-10,14-15H,6,11-13H2,1-5H3,(H,25,28)/b21-15-. The number of hydrogen-bond donors (Lipinski definition) is 1. The van der Waals surface area contributed by atoms with Crippen LogP contribution in [0.3, 0.4) is 0 Å². The Balaban J connectivity index is 2.13. The molecule has 0 bridgehead atoms. The van der Waals surface area contributed by atoms with Crippen molar-refractivity contribution in [1.82, 2.24) is 9.47 Å². The number of likely N-dealkylation sites (N-methyl/N-ethyl adjacent to an activating group) is 1. The fraction of sp³-hybridized carbons (Fsp3) is 0.391. The Bertz CT molecular complexity index is 883. The number of aromatic nitrogens is 1. The maximum Gasteiger partial charge on any atom is 0.266 e. The van der Waals surface area contributed by atoms with Crippen LogP contribution in [0.5, 0.6) is 0 Å². The van der Waals surface area contributed by atoms with E-state index in [1.165, 1.54) is 5.56 Å². The molecule has 0 unspecified atom stereocenters. The lowest BCUT2D eigenvalue weighted by Crippen LogP contribution is -2.15. The van der Waals surface area contributed by atoms with E-state index in [4.69, 9.17) is 0 Å². The van der Waals surface area contributed by atoms with E-state index in [1.807, 2.05) is 64.3 Å². The van der Waals surface area contributed by atoms with Gasteiger partial charge in [-0.2, -0.15) is 5.26 Å². The average molecular weight is 379 g/mol. The number of amides is 1. The molecule has 5 nitrogen and oxygen atoms in total. The van der Waals surface area contributed by atoms with Crippen molar-refractivity contribution in [3.8, 4) is 6.07 Å². The largest absolute Gasteiger partial charge is 0.349 e. The molecule has 148 valence electrons. The summed E-state index contributed by atoms with van der Waals surface area (Å²) in [4.78, 5) is 14.7. The first-order valence-corrected chi connectivity index (χ1v) is 9.69. The minimum atomic E-state index is -0.385. The van der Waals surface area contributed by atoms with E-state index in [0.717, 1.165) is 42.9 Å². The molecule has 0 spiro atoms. The van der Waals surface area contributed by atoms with E-state index in [9.17, 15) is 10.1 Å². The van der Waals surface area contributed by atoms with Crippen LogP contribution in [0.2, 0.25) is 0 Å². The van der Waals surface area contributed by atoms with Crippen molar-refractivity contribution in [2.75, 3.05) is 26.0 Å². The number of carbonyl (C=O) groups is 1. The average Bonchev–Trinajstić information content (AvgIpc) is 2.93. The van der Waals surface area contributed by atoms with Crippen LogP contribution in [-0.2, 0) is 17.8 Å². The first-order valence-electron chi connectivity index (χ1n) is 9.69. The number of nitrogens with one attached hydrogen (secondary N) is 1. The molecule has 2 rings (SSSR count). The van der Waals surface area contributed by atoms with Gasteiger partial charge in [-0.1, -0.05) is 19.1 Å². The Morgan fingerprint density at radius 2 is 1.93 bits per heavy atom. The van der Waals surface area contributed by atoms with Gasteiger partial charge in [-0.05, 0) is 76.2 Å². The molecule has 5 heteroatoms. The van der Waals surface area contributed by atoms with E-state index in [1.54, 1.807) is 6.08 Å². The molecule has 1 aromatic heterocycles. The number of hydrogen-bond acceptors (Lipinski definition) is 3. The van der Waals surface area contributed by atoms with Gasteiger partial charge in [-0.15, -0.1) is 0 Å². The number of benzene rings is 1. The zero-order chi connectivity index (χ0) is 20.7. The van der Waals surface area contributed by atoms with Crippen LogP contribution in [0.4, 0.5) is 5.69 Å². The predicted octanol–water partition coefficient (Wildman–Crippen LogP) is 4.16. The van der Waals surface area contributed by atoms with Crippen LogP contribution in [-0.4, -0.2) is 36.0 Å². The van der Waals surface area contributed by atoms with Crippen molar-refractivity contribution in [1.29, 1.82) is 5.26 Å². The highest BCUT2D eigenvalue weighted by Crippen LogP contribution is 2.19. The van der Waals surface area contributed by atoms with Gasteiger partial charge in [0.1, 0.15) is 11.6 Å². The van der Waals surface area contributed by atoms with Crippen LogP contribution < -0.4 is 5.32 Å². The third-order valence-corrected chi connectivity index (χ3v) is 4.78. The second kappa shape index (κ2) is 9.91. The first kappa shape index (κ1) is 21.5. The van der Waals surface area contributed by atoms with Gasteiger partial charge in [-0.3, -0.25) is 4.79 Å². The van der Waals surface area contributed by atoms with E-state index in [2.05, 4.69) is 21.7 Å². The molecule has 1 N–H and O–H groups in total. The second-order valence-corrected chi connectivity index (χ2v) is 7.35. The quantitative estimate of drug-likeness (QED) is 0.554. The molecule has 0 radical (unpaired) electrons. The molecule has 0 saturated carbocycles. The van der Waals surface area contributed by atoms with E-state index < -0.39 is 0 Å². The topological polar surface area (TPSA) is 61.1 Å². The lowest BCUT2D eigenvalue weighted by atomic mass is 10.1. The predicted molar refractivity (Wildman–Crippen MR) is 115 cm³/mol. The van der Waals surface area contributed by atoms with Crippen molar-refractivity contribution < 1.29 is 4.79 Å². The summed E-state index contributed by atoms with van der Waals surface area (Å²) in [7, 11) is 4.09. The summed E-state index contributed by atoms with van der Waals surface area (Å²) in [6.07, 6.45) is 3.67. The van der Waals surface area contributed by atoms with Crippen LogP contribution in [0.1, 0.15) is 35.9 Å². The van der Waals surface area contributed by atoms with Crippen molar-refractivity contribution in [3.05, 3.63) is 58.4 Å². The molecule has 0 aliphatic heterocycles. The summed E-state index contributed by atoms with van der Waals surface area (Å²) >= 11 is 0. The van der Waals surface area contributed by atoms with Gasteiger partial charge >= 0.3 is 0 Å². The van der Waals surface area contributed by atoms with Crippen LogP contribution in [0, 0.1) is 25.2 Å². The Hall–Kier alpha value is -2.84. The lowest BCUT2D eigenvalue weighted by molar-refractivity contribution is -0.112. The Morgan fingerprint density at radius 1 is 1.25 bits per heavy atom. The Kier molecular flexibility index (Phi) is 7.60. The number of carbonyl (C=O) groups excluding carboxylic acids is 1. The Labute approximate surface area is 168 Å². The highest BCUT2D eigenvalue weighted by molar-refractivity contribution is 6.09. The molecular formula is C23H30N4O. The number of rotatable bonds is 8. The molecule has 28 heavy (non-hydrogen) atoms. The normalized spacial score (nSPS) is 11.5. The van der Waals surface area contributed by atoms with Crippen molar-refractivity contribution >= 4 is 17.7 Å². The number of aryl methyl sites for hydroxylation is 1. The minimum Gasteiger partial charge on any atom is -0.349 e. The molecule has 1 amide bonds. The molecule has 1 heterocycles. The molecular weight excluding hydrogens is 348 g/mol. The zero-order valence-electron chi connectivity index (χ0n) is 17.5. The number of anilines is 1. The second-order valence-electron chi connectivity index (χ2n) is 7.35. The summed E-state index contributed by atoms with van der Waals surface area (Å²) in [5.74, 6) is -0.385. The number of nitrogens with zero attached hydrogens (tertiary/aromatic N) is 3. The van der Waals surface area contributed by atoms with Crippen molar-refractivity contribution in [2.45, 2.75) is 40.2 Å². The maximum absolute atomic E-state index is 12.6. The van der Waals surface area contributed by atoms with Gasteiger partial charge in [0.05, 0.1) is 0 Å². The van der Waals surface area contributed by atoms with E-state index >= 15 is 0 Å². The van der Waals surface area contributed by atoms with Crippen molar-refractivity contribution in [2.24, 2.45) is 0 Å². The smallest absolute Gasteiger partial charge is 0.266 e. The maximum atomic E-state index is 12.6. The third-order valence-electron chi connectivity index (χ3n) is 4.78. The van der Waals surface area contributed by atoms with E-state index in [0.29, 0.717) is 5.69 Å². The summed E-state index contributed by atoms with van der Waals surface area (Å²) in [6, 6.07) is 11.8. The molecule has 2 aromatic rings. The molecule has 0 aliphatic rings. The monoisotopic (exact) mass is 378 g/mol. The zero-order valence-corrected chi connectivity index (χ0v) is 17.5. The van der Waals surface area contributed by atoms with Crippen LogP contribution >= 0.6 is 0 Å².